The second kappa shape index (κ2) is 9.61. The predicted molar refractivity (Wildman–Crippen MR) is 130 cm³/mol. The Bertz CT molecular complexity index is 1240. The van der Waals surface area contributed by atoms with E-state index in [1.54, 1.807) is 30.3 Å². The van der Waals surface area contributed by atoms with Crippen molar-refractivity contribution in [3.05, 3.63) is 80.1 Å². The van der Waals surface area contributed by atoms with E-state index in [1.807, 2.05) is 22.6 Å². The third kappa shape index (κ3) is 5.74. The standard InChI is InChI=1S/C24H18ClF6IN2O/c1-22(2,13-8-14(23(26,27)28)10-15(9-13)24(29,30)31)21(35)34(3)19-12-33-20(32)11-17(19)16-6-4-5-7-18(16)25/h4-12H,1-3H3. The number of likely N-dealkylation sites (N-methyl/N-ethyl adjacent to an activating group) is 1. The number of nitrogens with zero attached hydrogens (tertiary/aromatic N) is 2. The Morgan fingerprint density at radius 3 is 1.91 bits per heavy atom. The lowest BCUT2D eigenvalue weighted by Gasteiger charge is -2.32. The minimum atomic E-state index is -5.03. The van der Waals surface area contributed by atoms with Crippen molar-refractivity contribution in [3.8, 4) is 11.1 Å². The number of anilines is 1. The lowest BCUT2D eigenvalue weighted by molar-refractivity contribution is -0.143. The van der Waals surface area contributed by atoms with Crippen molar-refractivity contribution in [1.29, 1.82) is 0 Å². The maximum Gasteiger partial charge on any atom is 0.416 e. The fraction of sp³-hybridized carbons (Fsp3) is 0.250. The van der Waals surface area contributed by atoms with E-state index in [9.17, 15) is 31.1 Å². The van der Waals surface area contributed by atoms with Crippen LogP contribution in [0.4, 0.5) is 32.0 Å². The molecule has 0 aliphatic heterocycles. The SMILES string of the molecule is CN(C(=O)C(C)(C)c1cc(C(F)(F)F)cc(C(F)(F)F)c1)c1cnc(I)cc1-c1ccccc1Cl. The molecule has 2 aromatic carbocycles. The number of benzene rings is 2. The van der Waals surface area contributed by atoms with Crippen molar-refractivity contribution < 1.29 is 31.1 Å². The maximum absolute atomic E-state index is 13.5. The minimum absolute atomic E-state index is 0.0341. The number of pyridine rings is 1. The molecule has 3 nitrogen and oxygen atoms in total. The van der Waals surface area contributed by atoms with Crippen molar-refractivity contribution in [2.45, 2.75) is 31.6 Å². The first-order chi connectivity index (χ1) is 16.0. The average Bonchev–Trinajstić information content (AvgIpc) is 2.77. The fourth-order valence-corrected chi connectivity index (χ4v) is 4.24. The van der Waals surface area contributed by atoms with Crippen molar-refractivity contribution in [1.82, 2.24) is 4.98 Å². The van der Waals surface area contributed by atoms with Crippen LogP contribution in [-0.4, -0.2) is 17.9 Å². The van der Waals surface area contributed by atoms with Crippen molar-refractivity contribution in [2.75, 3.05) is 11.9 Å². The van der Waals surface area contributed by atoms with Gasteiger partial charge in [-0.25, -0.2) is 4.98 Å². The summed E-state index contributed by atoms with van der Waals surface area (Å²) in [5.74, 6) is -0.735. The highest BCUT2D eigenvalue weighted by Gasteiger charge is 2.41. The van der Waals surface area contributed by atoms with Crippen LogP contribution in [0.3, 0.4) is 0 Å². The first kappa shape index (κ1) is 27.3. The predicted octanol–water partition coefficient (Wildman–Crippen LogP) is 7.98. The highest BCUT2D eigenvalue weighted by atomic mass is 127. The third-order valence-corrected chi connectivity index (χ3v) is 6.44. The van der Waals surface area contributed by atoms with Crippen LogP contribution in [0.15, 0.2) is 54.7 Å². The minimum Gasteiger partial charge on any atom is -0.313 e. The first-order valence-electron chi connectivity index (χ1n) is 10.0. The molecule has 0 atom stereocenters. The highest BCUT2D eigenvalue weighted by Crippen LogP contribution is 2.41. The molecule has 11 heteroatoms. The molecule has 186 valence electrons. The van der Waals surface area contributed by atoms with E-state index >= 15 is 0 Å². The monoisotopic (exact) mass is 626 g/mol. The molecule has 0 spiro atoms. The van der Waals surface area contributed by atoms with Gasteiger partial charge in [-0.1, -0.05) is 29.8 Å². The topological polar surface area (TPSA) is 33.2 Å². The van der Waals surface area contributed by atoms with Crippen LogP contribution >= 0.6 is 34.2 Å². The molecule has 0 aliphatic rings. The van der Waals surface area contributed by atoms with Gasteiger partial charge in [0.1, 0.15) is 3.70 Å². The number of amides is 1. The molecular formula is C24H18ClF6IN2O. The lowest BCUT2D eigenvalue weighted by atomic mass is 9.81. The second-order valence-electron chi connectivity index (χ2n) is 8.29. The largest absolute Gasteiger partial charge is 0.416 e. The van der Waals surface area contributed by atoms with E-state index in [0.29, 0.717) is 37.7 Å². The van der Waals surface area contributed by atoms with Gasteiger partial charge in [0, 0.05) is 23.2 Å². The van der Waals surface area contributed by atoms with Crippen LogP contribution in [0, 0.1) is 3.70 Å². The Kier molecular flexibility index (Phi) is 7.48. The Morgan fingerprint density at radius 1 is 0.886 bits per heavy atom. The van der Waals surface area contributed by atoms with Gasteiger partial charge in [-0.15, -0.1) is 0 Å². The molecule has 0 unspecified atom stereocenters. The summed E-state index contributed by atoms with van der Waals surface area (Å²) in [5.41, 5.74) is -3.75. The number of hydrogen-bond acceptors (Lipinski definition) is 2. The molecule has 0 N–H and O–H groups in total. The molecule has 1 aromatic heterocycles. The smallest absolute Gasteiger partial charge is 0.313 e. The number of hydrogen-bond donors (Lipinski definition) is 0. The summed E-state index contributed by atoms with van der Waals surface area (Å²) in [5, 5.41) is 0.392. The molecule has 0 saturated carbocycles. The fourth-order valence-electron chi connectivity index (χ4n) is 3.55. The van der Waals surface area contributed by atoms with E-state index in [0.717, 1.165) is 4.90 Å². The second-order valence-corrected chi connectivity index (χ2v) is 9.80. The van der Waals surface area contributed by atoms with Crippen LogP contribution in [0.2, 0.25) is 5.02 Å². The van der Waals surface area contributed by atoms with Crippen molar-refractivity contribution in [3.63, 3.8) is 0 Å². The zero-order valence-corrected chi connectivity index (χ0v) is 21.4. The number of halogens is 8. The van der Waals surface area contributed by atoms with E-state index < -0.39 is 40.4 Å². The quantitative estimate of drug-likeness (QED) is 0.167. The Labute approximate surface area is 216 Å². The van der Waals surface area contributed by atoms with E-state index in [-0.39, 0.29) is 6.07 Å². The Balaban J connectivity index is 2.13. The molecule has 0 saturated heterocycles. The van der Waals surface area contributed by atoms with Gasteiger partial charge in [0.05, 0.1) is 28.4 Å². The summed E-state index contributed by atoms with van der Waals surface area (Å²) in [4.78, 5) is 18.9. The summed E-state index contributed by atoms with van der Waals surface area (Å²) in [6.45, 7) is 2.55. The van der Waals surface area contributed by atoms with Gasteiger partial charge in [0.25, 0.3) is 0 Å². The van der Waals surface area contributed by atoms with Gasteiger partial charge >= 0.3 is 12.4 Å². The first-order valence-corrected chi connectivity index (χ1v) is 11.5. The lowest BCUT2D eigenvalue weighted by Crippen LogP contribution is -2.42. The summed E-state index contributed by atoms with van der Waals surface area (Å²) in [6, 6.07) is 9.70. The number of alkyl halides is 6. The number of carbonyl (C=O) groups excluding carboxylic acids is 1. The highest BCUT2D eigenvalue weighted by molar-refractivity contribution is 14.1. The van der Waals surface area contributed by atoms with E-state index in [1.165, 1.54) is 27.1 Å². The molecule has 0 aliphatic carbocycles. The van der Waals surface area contributed by atoms with Gasteiger partial charge in [-0.05, 0) is 72.3 Å². The maximum atomic E-state index is 13.5. The van der Waals surface area contributed by atoms with Crippen LogP contribution < -0.4 is 4.90 Å². The molecule has 0 bridgehead atoms. The third-order valence-electron chi connectivity index (χ3n) is 5.52. The molecule has 0 radical (unpaired) electrons. The molecular weight excluding hydrogens is 609 g/mol. The molecule has 3 rings (SSSR count). The van der Waals surface area contributed by atoms with Crippen LogP contribution in [0.25, 0.3) is 11.1 Å². The van der Waals surface area contributed by atoms with Crippen LogP contribution in [0.5, 0.6) is 0 Å². The van der Waals surface area contributed by atoms with E-state index in [4.69, 9.17) is 11.6 Å². The van der Waals surface area contributed by atoms with Gasteiger partial charge in [0.15, 0.2) is 0 Å². The summed E-state index contributed by atoms with van der Waals surface area (Å²) in [6.07, 6.45) is -8.65. The number of carbonyl (C=O) groups is 1. The van der Waals surface area contributed by atoms with Crippen LogP contribution in [0.1, 0.15) is 30.5 Å². The number of rotatable bonds is 4. The summed E-state index contributed by atoms with van der Waals surface area (Å²) in [7, 11) is 1.38. The molecule has 1 heterocycles. The van der Waals surface area contributed by atoms with Crippen molar-refractivity contribution >= 4 is 45.8 Å². The average molecular weight is 627 g/mol. The Hall–Kier alpha value is -2.34. The molecule has 3 aromatic rings. The normalized spacial score (nSPS) is 12.5. The van der Waals surface area contributed by atoms with Gasteiger partial charge in [-0.3, -0.25) is 4.79 Å². The molecule has 1 amide bonds. The number of aromatic nitrogens is 1. The van der Waals surface area contributed by atoms with Gasteiger partial charge in [0.2, 0.25) is 5.91 Å². The summed E-state index contributed by atoms with van der Waals surface area (Å²) < 4.78 is 80.9. The Morgan fingerprint density at radius 2 is 1.40 bits per heavy atom. The molecule has 0 fully saturated rings. The van der Waals surface area contributed by atoms with Crippen LogP contribution in [-0.2, 0) is 22.6 Å². The van der Waals surface area contributed by atoms with Gasteiger partial charge in [-0.2, -0.15) is 26.3 Å². The van der Waals surface area contributed by atoms with E-state index in [2.05, 4.69) is 4.98 Å². The zero-order chi connectivity index (χ0) is 26.3. The van der Waals surface area contributed by atoms with Gasteiger partial charge < -0.3 is 4.90 Å². The van der Waals surface area contributed by atoms with Crippen molar-refractivity contribution in [2.24, 2.45) is 0 Å². The molecule has 35 heavy (non-hydrogen) atoms. The zero-order valence-electron chi connectivity index (χ0n) is 18.5. The summed E-state index contributed by atoms with van der Waals surface area (Å²) >= 11 is 8.31.